The number of H-pyrrole nitrogens is 1. The Labute approximate surface area is 99.1 Å². The van der Waals surface area contributed by atoms with Crippen molar-refractivity contribution in [3.8, 4) is 0 Å². The van der Waals surface area contributed by atoms with Crippen molar-refractivity contribution in [3.05, 3.63) is 12.0 Å². The highest BCUT2D eigenvalue weighted by molar-refractivity contribution is 7.89. The topological polar surface area (TPSA) is 109 Å². The number of hydrogen-bond acceptors (Lipinski definition) is 4. The van der Waals surface area contributed by atoms with Crippen LogP contribution in [0.3, 0.4) is 0 Å². The van der Waals surface area contributed by atoms with E-state index in [-0.39, 0.29) is 5.03 Å². The van der Waals surface area contributed by atoms with Crippen molar-refractivity contribution >= 4 is 15.9 Å². The zero-order valence-electron chi connectivity index (χ0n) is 9.38. The third-order valence-electron chi connectivity index (χ3n) is 2.80. The van der Waals surface area contributed by atoms with Crippen molar-refractivity contribution in [1.82, 2.24) is 14.3 Å². The minimum absolute atomic E-state index is 0.00292. The van der Waals surface area contributed by atoms with Crippen LogP contribution in [0.15, 0.2) is 11.2 Å². The van der Waals surface area contributed by atoms with Crippen molar-refractivity contribution < 1.29 is 13.2 Å². The Hall–Kier alpha value is -1.41. The summed E-state index contributed by atoms with van der Waals surface area (Å²) in [5.41, 5.74) is 5.20. The van der Waals surface area contributed by atoms with Gasteiger partial charge in [-0.15, -0.1) is 0 Å². The summed E-state index contributed by atoms with van der Waals surface area (Å²) in [6.07, 6.45) is 2.36. The van der Waals surface area contributed by atoms with Crippen LogP contribution in [0.25, 0.3) is 0 Å². The number of nitrogens with two attached hydrogens (primary N) is 1. The second-order valence-electron chi connectivity index (χ2n) is 4.01. The van der Waals surface area contributed by atoms with Crippen molar-refractivity contribution in [2.24, 2.45) is 5.73 Å². The molecular formula is C9H14N4O3S. The third kappa shape index (κ3) is 2.05. The predicted octanol–water partition coefficient (Wildman–Crippen LogP) is -0.643. The van der Waals surface area contributed by atoms with E-state index in [1.807, 2.05) is 0 Å². The first-order valence-electron chi connectivity index (χ1n) is 5.25. The quantitative estimate of drug-likeness (QED) is 0.751. The van der Waals surface area contributed by atoms with Gasteiger partial charge in [0.15, 0.2) is 5.03 Å². The molecule has 1 saturated heterocycles. The summed E-state index contributed by atoms with van der Waals surface area (Å²) >= 11 is 0. The smallest absolute Gasteiger partial charge is 0.260 e. The summed E-state index contributed by atoms with van der Waals surface area (Å²) < 4.78 is 25.6. The molecule has 8 heteroatoms. The predicted molar refractivity (Wildman–Crippen MR) is 59.4 cm³/mol. The molecule has 0 bridgehead atoms. The highest BCUT2D eigenvalue weighted by Crippen LogP contribution is 2.24. The van der Waals surface area contributed by atoms with Gasteiger partial charge in [-0.25, -0.2) is 13.4 Å². The fraction of sp³-hybridized carbons (Fsp3) is 0.556. The van der Waals surface area contributed by atoms with Gasteiger partial charge in [0.05, 0.1) is 6.20 Å². The number of aryl methyl sites for hydroxylation is 1. The molecule has 1 aromatic rings. The summed E-state index contributed by atoms with van der Waals surface area (Å²) in [5, 5.41) is 0.00292. The Kier molecular flexibility index (Phi) is 2.92. The number of aromatic amines is 1. The maximum Gasteiger partial charge on any atom is 0.260 e. The number of imidazole rings is 1. The van der Waals surface area contributed by atoms with Gasteiger partial charge in [0.1, 0.15) is 11.9 Å². The molecule has 94 valence electrons. The Bertz CT molecular complexity index is 536. The van der Waals surface area contributed by atoms with Crippen LogP contribution >= 0.6 is 0 Å². The largest absolute Gasteiger partial charge is 0.368 e. The summed E-state index contributed by atoms with van der Waals surface area (Å²) in [4.78, 5) is 17.7. The van der Waals surface area contributed by atoms with Gasteiger partial charge in [-0.2, -0.15) is 4.31 Å². The Balaban J connectivity index is 2.36. The highest BCUT2D eigenvalue weighted by atomic mass is 32.2. The van der Waals surface area contributed by atoms with E-state index in [1.165, 1.54) is 6.20 Å². The molecule has 1 fully saturated rings. The van der Waals surface area contributed by atoms with E-state index in [2.05, 4.69) is 9.97 Å². The first kappa shape index (κ1) is 12.1. The van der Waals surface area contributed by atoms with Crippen molar-refractivity contribution in [2.45, 2.75) is 30.8 Å². The molecule has 0 spiro atoms. The molecule has 7 nitrogen and oxygen atoms in total. The van der Waals surface area contributed by atoms with Gasteiger partial charge in [0, 0.05) is 6.54 Å². The van der Waals surface area contributed by atoms with Gasteiger partial charge >= 0.3 is 0 Å². The van der Waals surface area contributed by atoms with Crippen LogP contribution < -0.4 is 5.73 Å². The minimum atomic E-state index is -3.70. The van der Waals surface area contributed by atoms with Crippen LogP contribution in [-0.4, -0.2) is 41.2 Å². The molecule has 0 radical (unpaired) electrons. The number of hydrogen-bond donors (Lipinski definition) is 2. The Morgan fingerprint density at radius 3 is 2.88 bits per heavy atom. The second-order valence-corrected chi connectivity index (χ2v) is 5.87. The van der Waals surface area contributed by atoms with Crippen LogP contribution in [-0.2, 0) is 14.8 Å². The lowest BCUT2D eigenvalue weighted by Crippen LogP contribution is -2.43. The van der Waals surface area contributed by atoms with Crippen molar-refractivity contribution in [1.29, 1.82) is 0 Å². The van der Waals surface area contributed by atoms with Gasteiger partial charge < -0.3 is 10.7 Å². The van der Waals surface area contributed by atoms with Crippen LogP contribution in [0.4, 0.5) is 0 Å². The lowest BCUT2D eigenvalue weighted by Gasteiger charge is -2.20. The maximum absolute atomic E-state index is 12.2. The van der Waals surface area contributed by atoms with Crippen LogP contribution in [0, 0.1) is 6.92 Å². The summed E-state index contributed by atoms with van der Waals surface area (Å²) in [6.45, 7) is 1.97. The molecule has 3 N–H and O–H groups in total. The first-order valence-corrected chi connectivity index (χ1v) is 6.69. The van der Waals surface area contributed by atoms with Gasteiger partial charge in [-0.05, 0) is 19.8 Å². The molecule has 0 aliphatic carbocycles. The van der Waals surface area contributed by atoms with Crippen LogP contribution in [0.2, 0.25) is 0 Å². The number of carbonyl (C=O) groups excluding carboxylic acids is 1. The SMILES string of the molecule is Cc1ncc(S(=O)(=O)N2CCCC2C(N)=O)[nH]1. The minimum Gasteiger partial charge on any atom is -0.368 e. The van der Waals surface area contributed by atoms with Gasteiger partial charge in [0.2, 0.25) is 5.91 Å². The van der Waals surface area contributed by atoms with Gasteiger partial charge in [-0.1, -0.05) is 0 Å². The molecule has 2 heterocycles. The number of carbonyl (C=O) groups is 1. The maximum atomic E-state index is 12.2. The Morgan fingerprint density at radius 2 is 2.35 bits per heavy atom. The molecule has 1 atom stereocenters. The summed E-state index contributed by atoms with van der Waals surface area (Å²) in [5.74, 6) is -0.0966. The number of aromatic nitrogens is 2. The number of nitrogens with one attached hydrogen (secondary N) is 1. The molecule has 1 aliphatic rings. The summed E-state index contributed by atoms with van der Waals surface area (Å²) in [7, 11) is -3.70. The van der Waals surface area contributed by atoms with Gasteiger partial charge in [-0.3, -0.25) is 4.79 Å². The van der Waals surface area contributed by atoms with Crippen molar-refractivity contribution in [2.75, 3.05) is 6.54 Å². The fourth-order valence-electron chi connectivity index (χ4n) is 1.97. The van der Waals surface area contributed by atoms with E-state index in [9.17, 15) is 13.2 Å². The number of primary amides is 1. The number of rotatable bonds is 3. The van der Waals surface area contributed by atoms with Gasteiger partial charge in [0.25, 0.3) is 10.0 Å². The highest BCUT2D eigenvalue weighted by Gasteiger charge is 2.39. The average Bonchev–Trinajstić information content (AvgIpc) is 2.84. The molecule has 1 aliphatic heterocycles. The molecule has 0 aromatic carbocycles. The zero-order chi connectivity index (χ0) is 12.6. The van der Waals surface area contributed by atoms with E-state index in [0.29, 0.717) is 25.2 Å². The zero-order valence-corrected chi connectivity index (χ0v) is 10.2. The Morgan fingerprint density at radius 1 is 1.65 bits per heavy atom. The fourth-order valence-corrected chi connectivity index (χ4v) is 3.60. The molecule has 17 heavy (non-hydrogen) atoms. The lowest BCUT2D eigenvalue weighted by molar-refractivity contribution is -0.121. The number of amides is 1. The van der Waals surface area contributed by atoms with Crippen LogP contribution in [0.1, 0.15) is 18.7 Å². The van der Waals surface area contributed by atoms with E-state index in [0.717, 1.165) is 4.31 Å². The van der Waals surface area contributed by atoms with Crippen molar-refractivity contribution in [3.63, 3.8) is 0 Å². The first-order chi connectivity index (χ1) is 7.93. The number of sulfonamides is 1. The summed E-state index contributed by atoms with van der Waals surface area (Å²) in [6, 6.07) is -0.747. The average molecular weight is 258 g/mol. The lowest BCUT2D eigenvalue weighted by atomic mass is 10.2. The normalized spacial score (nSPS) is 21.8. The molecule has 1 unspecified atom stereocenters. The van der Waals surface area contributed by atoms with E-state index in [1.54, 1.807) is 6.92 Å². The monoisotopic (exact) mass is 258 g/mol. The van der Waals surface area contributed by atoms with E-state index in [4.69, 9.17) is 5.73 Å². The van der Waals surface area contributed by atoms with E-state index >= 15 is 0 Å². The molecule has 1 amide bonds. The molecule has 1 aromatic heterocycles. The van der Waals surface area contributed by atoms with Crippen LogP contribution in [0.5, 0.6) is 0 Å². The number of nitrogens with zero attached hydrogens (tertiary/aromatic N) is 2. The second kappa shape index (κ2) is 4.11. The van der Waals surface area contributed by atoms with E-state index < -0.39 is 22.0 Å². The molecule has 2 rings (SSSR count). The molecule has 0 saturated carbocycles. The molecular weight excluding hydrogens is 244 g/mol. The standard InChI is InChI=1S/C9H14N4O3S/c1-6-11-5-8(12-6)17(15,16)13-4-2-3-7(13)9(10)14/h5,7H,2-4H2,1H3,(H2,10,14)(H,11,12). The third-order valence-corrected chi connectivity index (χ3v) is 4.62.